The Kier molecular flexibility index (Phi) is 2.15. The summed E-state index contributed by atoms with van der Waals surface area (Å²) in [7, 11) is 0. The second kappa shape index (κ2) is 3.15. The van der Waals surface area contributed by atoms with Crippen molar-refractivity contribution in [3.63, 3.8) is 0 Å². The van der Waals surface area contributed by atoms with Crippen molar-refractivity contribution in [3.8, 4) is 0 Å². The summed E-state index contributed by atoms with van der Waals surface area (Å²) in [5.41, 5.74) is 1.16. The molecule has 2 atom stereocenters. The molecule has 1 aromatic rings. The number of nitrogens with one attached hydrogen (secondary N) is 1. The summed E-state index contributed by atoms with van der Waals surface area (Å²) in [4.78, 5) is 4.51. The number of aryl methyl sites for hydroxylation is 1. The Labute approximate surface area is 77.0 Å². The van der Waals surface area contributed by atoms with Crippen LogP contribution in [-0.2, 0) is 0 Å². The molecule has 1 aliphatic rings. The zero-order valence-corrected chi connectivity index (χ0v) is 8.32. The predicted molar refractivity (Wildman–Crippen MR) is 51.7 cm³/mol. The summed E-state index contributed by atoms with van der Waals surface area (Å²) >= 11 is 1.80. The molecule has 0 radical (unpaired) electrons. The molecule has 66 valence electrons. The van der Waals surface area contributed by atoms with Crippen LogP contribution in [-0.4, -0.2) is 17.6 Å². The third-order valence-corrected chi connectivity index (χ3v) is 3.46. The number of hydrogen-bond donors (Lipinski definition) is 1. The lowest BCUT2D eigenvalue weighted by Gasteiger charge is -2.02. The van der Waals surface area contributed by atoms with Gasteiger partial charge in [-0.1, -0.05) is 0 Å². The van der Waals surface area contributed by atoms with Gasteiger partial charge in [-0.25, -0.2) is 4.98 Å². The Hall–Kier alpha value is -0.410. The van der Waals surface area contributed by atoms with Crippen molar-refractivity contribution < 1.29 is 0 Å². The van der Waals surface area contributed by atoms with Gasteiger partial charge in [0.25, 0.3) is 0 Å². The van der Waals surface area contributed by atoms with Gasteiger partial charge in [-0.3, -0.25) is 0 Å². The van der Waals surface area contributed by atoms with Gasteiger partial charge in [0.05, 0.1) is 5.01 Å². The van der Waals surface area contributed by atoms with Crippen LogP contribution in [0.5, 0.6) is 0 Å². The van der Waals surface area contributed by atoms with Gasteiger partial charge in [0, 0.05) is 29.6 Å². The van der Waals surface area contributed by atoms with Crippen LogP contribution in [0.15, 0.2) is 5.38 Å². The van der Waals surface area contributed by atoms with E-state index in [1.54, 1.807) is 11.3 Å². The molecular formula is C9H14N2S. The molecule has 1 N–H and O–H groups in total. The molecule has 3 heteroatoms. The quantitative estimate of drug-likeness (QED) is 0.717. The van der Waals surface area contributed by atoms with E-state index in [9.17, 15) is 0 Å². The zero-order chi connectivity index (χ0) is 8.55. The smallest absolute Gasteiger partial charge is 0.0972 e. The number of aromatic nitrogens is 1. The van der Waals surface area contributed by atoms with E-state index in [0.717, 1.165) is 12.2 Å². The molecule has 1 aromatic heterocycles. The van der Waals surface area contributed by atoms with Crippen LogP contribution in [0.3, 0.4) is 0 Å². The van der Waals surface area contributed by atoms with Gasteiger partial charge in [0.1, 0.15) is 0 Å². The van der Waals surface area contributed by atoms with Crippen LogP contribution in [0, 0.1) is 6.92 Å². The molecule has 0 aliphatic carbocycles. The first-order valence-corrected chi connectivity index (χ1v) is 5.29. The first-order valence-electron chi connectivity index (χ1n) is 4.41. The summed E-state index contributed by atoms with van der Waals surface area (Å²) in [6, 6.07) is 0.666. The minimum Gasteiger partial charge on any atom is -0.314 e. The molecule has 0 spiro atoms. The Morgan fingerprint density at radius 2 is 2.50 bits per heavy atom. The van der Waals surface area contributed by atoms with E-state index in [2.05, 4.69) is 29.5 Å². The van der Waals surface area contributed by atoms with Gasteiger partial charge < -0.3 is 5.32 Å². The standard InChI is InChI=1S/C9H14N2S/c1-6-3-8(4-10-6)9-11-7(2)5-12-9/h5-6,8,10H,3-4H2,1-2H3. The van der Waals surface area contributed by atoms with E-state index >= 15 is 0 Å². The van der Waals surface area contributed by atoms with E-state index in [0.29, 0.717) is 12.0 Å². The number of nitrogens with zero attached hydrogens (tertiary/aromatic N) is 1. The first kappa shape index (κ1) is 8.20. The molecule has 0 bridgehead atoms. The molecule has 2 rings (SSSR count). The van der Waals surface area contributed by atoms with Gasteiger partial charge >= 0.3 is 0 Å². The molecule has 0 aromatic carbocycles. The molecule has 2 nitrogen and oxygen atoms in total. The maximum atomic E-state index is 4.51. The zero-order valence-electron chi connectivity index (χ0n) is 7.50. The summed E-state index contributed by atoms with van der Waals surface area (Å²) in [5.74, 6) is 0.665. The SMILES string of the molecule is Cc1csc(C2CNC(C)C2)n1. The molecule has 12 heavy (non-hydrogen) atoms. The molecule has 0 saturated carbocycles. The molecular weight excluding hydrogens is 168 g/mol. The fraction of sp³-hybridized carbons (Fsp3) is 0.667. The van der Waals surface area contributed by atoms with E-state index in [1.165, 1.54) is 11.4 Å². The van der Waals surface area contributed by atoms with Crippen LogP contribution in [0.4, 0.5) is 0 Å². The summed E-state index contributed by atoms with van der Waals surface area (Å²) < 4.78 is 0. The lowest BCUT2D eigenvalue weighted by molar-refractivity contribution is 0.658. The highest BCUT2D eigenvalue weighted by Gasteiger charge is 2.23. The molecule has 2 heterocycles. The number of rotatable bonds is 1. The maximum absolute atomic E-state index is 4.51. The minimum atomic E-state index is 0.665. The van der Waals surface area contributed by atoms with E-state index in [4.69, 9.17) is 0 Å². The molecule has 1 saturated heterocycles. The number of thiazole rings is 1. The van der Waals surface area contributed by atoms with Crippen LogP contribution >= 0.6 is 11.3 Å². The fourth-order valence-corrected chi connectivity index (χ4v) is 2.60. The predicted octanol–water partition coefficient (Wildman–Crippen LogP) is 1.92. The topological polar surface area (TPSA) is 24.9 Å². The van der Waals surface area contributed by atoms with E-state index < -0.39 is 0 Å². The summed E-state index contributed by atoms with van der Waals surface area (Å²) in [6.45, 7) is 5.40. The maximum Gasteiger partial charge on any atom is 0.0972 e. The van der Waals surface area contributed by atoms with Gasteiger partial charge in [-0.2, -0.15) is 0 Å². The van der Waals surface area contributed by atoms with Crippen molar-refractivity contribution in [1.29, 1.82) is 0 Å². The van der Waals surface area contributed by atoms with E-state index in [-0.39, 0.29) is 0 Å². The summed E-state index contributed by atoms with van der Waals surface area (Å²) in [5, 5.41) is 6.89. The Bertz CT molecular complexity index is 269. The van der Waals surface area contributed by atoms with Gasteiger partial charge in [0.2, 0.25) is 0 Å². The highest BCUT2D eigenvalue weighted by Crippen LogP contribution is 2.27. The van der Waals surface area contributed by atoms with Gasteiger partial charge in [0.15, 0.2) is 0 Å². The monoisotopic (exact) mass is 182 g/mol. The average Bonchev–Trinajstić information content (AvgIpc) is 2.58. The Morgan fingerprint density at radius 1 is 1.67 bits per heavy atom. The molecule has 0 amide bonds. The Balaban J connectivity index is 2.11. The van der Waals surface area contributed by atoms with Crippen LogP contribution in [0.1, 0.15) is 30.0 Å². The largest absolute Gasteiger partial charge is 0.314 e. The second-order valence-electron chi connectivity index (χ2n) is 3.57. The van der Waals surface area contributed by atoms with Crippen molar-refractivity contribution in [3.05, 3.63) is 16.1 Å². The van der Waals surface area contributed by atoms with E-state index in [1.807, 2.05) is 0 Å². The summed E-state index contributed by atoms with van der Waals surface area (Å²) in [6.07, 6.45) is 1.24. The lowest BCUT2D eigenvalue weighted by atomic mass is 10.1. The van der Waals surface area contributed by atoms with Crippen LogP contribution < -0.4 is 5.32 Å². The minimum absolute atomic E-state index is 0.665. The Morgan fingerprint density at radius 3 is 3.00 bits per heavy atom. The second-order valence-corrected chi connectivity index (χ2v) is 4.46. The average molecular weight is 182 g/mol. The highest BCUT2D eigenvalue weighted by molar-refractivity contribution is 7.09. The fourth-order valence-electron chi connectivity index (χ4n) is 1.68. The van der Waals surface area contributed by atoms with Crippen LogP contribution in [0.25, 0.3) is 0 Å². The highest BCUT2D eigenvalue weighted by atomic mass is 32.1. The molecule has 1 fully saturated rings. The first-order chi connectivity index (χ1) is 5.75. The van der Waals surface area contributed by atoms with Crippen molar-refractivity contribution in [2.24, 2.45) is 0 Å². The van der Waals surface area contributed by atoms with Crippen molar-refractivity contribution >= 4 is 11.3 Å². The molecule has 1 aliphatic heterocycles. The number of hydrogen-bond acceptors (Lipinski definition) is 3. The normalized spacial score (nSPS) is 29.5. The van der Waals surface area contributed by atoms with Gasteiger partial charge in [-0.15, -0.1) is 11.3 Å². The third kappa shape index (κ3) is 1.52. The third-order valence-electron chi connectivity index (χ3n) is 2.34. The van der Waals surface area contributed by atoms with Crippen LogP contribution in [0.2, 0.25) is 0 Å². The van der Waals surface area contributed by atoms with Crippen molar-refractivity contribution in [2.75, 3.05) is 6.54 Å². The van der Waals surface area contributed by atoms with Gasteiger partial charge in [-0.05, 0) is 20.3 Å². The van der Waals surface area contributed by atoms with Crippen molar-refractivity contribution in [1.82, 2.24) is 10.3 Å². The molecule has 2 unspecified atom stereocenters. The lowest BCUT2D eigenvalue weighted by Crippen LogP contribution is -2.16. The van der Waals surface area contributed by atoms with Crippen molar-refractivity contribution in [2.45, 2.75) is 32.2 Å².